The second-order valence-corrected chi connectivity index (χ2v) is 8.23. The van der Waals surface area contributed by atoms with E-state index in [1.807, 2.05) is 48.7 Å². The Balaban J connectivity index is 1.53. The first-order valence-corrected chi connectivity index (χ1v) is 11.4. The first-order valence-electron chi connectivity index (χ1n) is 10.5. The van der Waals surface area contributed by atoms with E-state index >= 15 is 0 Å². The highest BCUT2D eigenvalue weighted by atomic mass is 32.1. The number of thiophene rings is 1. The quantitative estimate of drug-likeness (QED) is 0.335. The number of fused-ring (bicyclic) bond motifs is 1. The van der Waals surface area contributed by atoms with E-state index in [0.29, 0.717) is 32.9 Å². The number of hydrogen-bond acceptors (Lipinski definition) is 8. The normalized spacial score (nSPS) is 10.6. The van der Waals surface area contributed by atoms with E-state index in [-0.39, 0.29) is 24.9 Å². The summed E-state index contributed by atoms with van der Waals surface area (Å²) in [5.74, 6) is 0.921. The molecule has 0 saturated heterocycles. The number of aryl methyl sites for hydroxylation is 1. The first kappa shape index (κ1) is 23.1. The van der Waals surface area contributed by atoms with Crippen LogP contribution in [0.5, 0.6) is 11.5 Å². The van der Waals surface area contributed by atoms with Crippen LogP contribution in [0.25, 0.3) is 10.1 Å². The van der Waals surface area contributed by atoms with Crippen molar-refractivity contribution < 1.29 is 23.8 Å². The van der Waals surface area contributed by atoms with Crippen LogP contribution in [0.1, 0.15) is 28.4 Å². The van der Waals surface area contributed by atoms with Crippen LogP contribution in [-0.2, 0) is 11.3 Å². The van der Waals surface area contributed by atoms with Crippen molar-refractivity contribution in [3.05, 3.63) is 76.8 Å². The number of nitrogens with zero attached hydrogens (tertiary/aromatic N) is 1. The van der Waals surface area contributed by atoms with Crippen molar-refractivity contribution >= 4 is 45.0 Å². The van der Waals surface area contributed by atoms with Gasteiger partial charge >= 0.3 is 6.16 Å². The minimum Gasteiger partial charge on any atom is -0.489 e. The standard InChI is InChI=1S/C25H23N3O5S/c1-3-31-25(30)33-20-12-27-23(26)21-17(14-34-22(20)21)13-32-19-11-16(10-9-15(19)2)24(29)28-18-7-5-4-6-8-18/h4-12,14H,3,13H2,1-2H3,(H2,26,27)(H,28,29). The van der Waals surface area contributed by atoms with Crippen LogP contribution < -0.4 is 20.5 Å². The summed E-state index contributed by atoms with van der Waals surface area (Å²) in [6.07, 6.45) is 0.595. The lowest BCUT2D eigenvalue weighted by Crippen LogP contribution is -2.12. The summed E-state index contributed by atoms with van der Waals surface area (Å²) in [7, 11) is 0. The molecule has 0 unspecified atom stereocenters. The minimum atomic E-state index is -0.803. The molecule has 3 N–H and O–H groups in total. The highest BCUT2D eigenvalue weighted by Crippen LogP contribution is 2.37. The molecule has 0 fully saturated rings. The molecule has 2 aromatic carbocycles. The van der Waals surface area contributed by atoms with E-state index in [4.69, 9.17) is 19.9 Å². The number of anilines is 2. The summed E-state index contributed by atoms with van der Waals surface area (Å²) in [6.45, 7) is 4.00. The van der Waals surface area contributed by atoms with Crippen LogP contribution in [-0.4, -0.2) is 23.7 Å². The average molecular weight is 478 g/mol. The molecule has 34 heavy (non-hydrogen) atoms. The Hall–Kier alpha value is -4.11. The molecule has 8 nitrogen and oxygen atoms in total. The number of rotatable bonds is 7. The molecule has 0 saturated carbocycles. The predicted octanol–water partition coefficient (Wildman–Crippen LogP) is 5.55. The van der Waals surface area contributed by atoms with E-state index < -0.39 is 6.16 Å². The van der Waals surface area contributed by atoms with Crippen LogP contribution in [0, 0.1) is 6.92 Å². The van der Waals surface area contributed by atoms with E-state index in [1.165, 1.54) is 17.5 Å². The molecule has 0 aliphatic carbocycles. The molecule has 4 rings (SSSR count). The maximum Gasteiger partial charge on any atom is 0.513 e. The number of pyridine rings is 1. The number of hydrogen-bond donors (Lipinski definition) is 2. The summed E-state index contributed by atoms with van der Waals surface area (Å²) in [5.41, 5.74) is 8.97. The second kappa shape index (κ2) is 10.2. The molecule has 2 aromatic heterocycles. The first-order chi connectivity index (χ1) is 16.5. The summed E-state index contributed by atoms with van der Waals surface area (Å²) in [5, 5.41) is 5.40. The van der Waals surface area contributed by atoms with Crippen LogP contribution in [0.2, 0.25) is 0 Å². The number of ether oxygens (including phenoxy) is 3. The third-order valence-electron chi connectivity index (χ3n) is 4.99. The Bertz CT molecular complexity index is 1340. The van der Waals surface area contributed by atoms with Gasteiger partial charge in [0, 0.05) is 22.2 Å². The van der Waals surface area contributed by atoms with Gasteiger partial charge in [-0.3, -0.25) is 4.79 Å². The lowest BCUT2D eigenvalue weighted by molar-refractivity contribution is 0.102. The fourth-order valence-corrected chi connectivity index (χ4v) is 4.31. The number of nitrogen functional groups attached to an aromatic ring is 1. The smallest absolute Gasteiger partial charge is 0.489 e. The van der Waals surface area contributed by atoms with Crippen molar-refractivity contribution in [1.82, 2.24) is 4.98 Å². The lowest BCUT2D eigenvalue weighted by Gasteiger charge is -2.12. The Morgan fingerprint density at radius 3 is 2.68 bits per heavy atom. The molecule has 0 radical (unpaired) electrons. The average Bonchev–Trinajstić information content (AvgIpc) is 3.26. The summed E-state index contributed by atoms with van der Waals surface area (Å²) in [4.78, 5) is 28.5. The van der Waals surface area contributed by atoms with Crippen molar-refractivity contribution in [2.24, 2.45) is 0 Å². The van der Waals surface area contributed by atoms with Crippen LogP contribution in [0.4, 0.5) is 16.3 Å². The number of benzene rings is 2. The van der Waals surface area contributed by atoms with Gasteiger partial charge in [-0.2, -0.15) is 0 Å². The van der Waals surface area contributed by atoms with Crippen molar-refractivity contribution in [1.29, 1.82) is 0 Å². The summed E-state index contributed by atoms with van der Waals surface area (Å²) < 4.78 is 16.8. The van der Waals surface area contributed by atoms with Gasteiger partial charge in [-0.15, -0.1) is 11.3 Å². The molecule has 0 aliphatic rings. The topological polar surface area (TPSA) is 113 Å². The van der Waals surface area contributed by atoms with Crippen LogP contribution >= 0.6 is 11.3 Å². The fourth-order valence-electron chi connectivity index (χ4n) is 3.30. The third kappa shape index (κ3) is 5.10. The fraction of sp³-hybridized carbons (Fsp3) is 0.160. The second-order valence-electron chi connectivity index (χ2n) is 7.35. The maximum absolute atomic E-state index is 12.7. The summed E-state index contributed by atoms with van der Waals surface area (Å²) >= 11 is 1.37. The Kier molecular flexibility index (Phi) is 6.93. The number of nitrogens with two attached hydrogens (primary N) is 1. The molecule has 0 aliphatic heterocycles. The summed E-state index contributed by atoms with van der Waals surface area (Å²) in [6, 6.07) is 14.5. The zero-order chi connectivity index (χ0) is 24.1. The van der Waals surface area contributed by atoms with E-state index in [0.717, 1.165) is 11.1 Å². The van der Waals surface area contributed by atoms with Crippen LogP contribution in [0.15, 0.2) is 60.1 Å². The Morgan fingerprint density at radius 1 is 1.12 bits per heavy atom. The van der Waals surface area contributed by atoms with E-state index in [1.54, 1.807) is 19.1 Å². The largest absolute Gasteiger partial charge is 0.513 e. The van der Waals surface area contributed by atoms with Gasteiger partial charge in [-0.05, 0) is 49.1 Å². The number of aromatic nitrogens is 1. The van der Waals surface area contributed by atoms with E-state index in [2.05, 4.69) is 10.3 Å². The third-order valence-corrected chi connectivity index (χ3v) is 6.03. The highest BCUT2D eigenvalue weighted by Gasteiger charge is 2.17. The highest BCUT2D eigenvalue weighted by molar-refractivity contribution is 7.17. The minimum absolute atomic E-state index is 0.194. The van der Waals surface area contributed by atoms with Gasteiger partial charge in [0.1, 0.15) is 18.2 Å². The zero-order valence-corrected chi connectivity index (χ0v) is 19.5. The van der Waals surface area contributed by atoms with Gasteiger partial charge in [-0.1, -0.05) is 24.3 Å². The maximum atomic E-state index is 12.7. The van der Waals surface area contributed by atoms with Crippen molar-refractivity contribution in [2.45, 2.75) is 20.5 Å². The van der Waals surface area contributed by atoms with Gasteiger partial charge in [0.15, 0.2) is 5.75 Å². The number of nitrogens with one attached hydrogen (secondary N) is 1. The van der Waals surface area contributed by atoms with Gasteiger partial charge in [0.05, 0.1) is 17.5 Å². The Morgan fingerprint density at radius 2 is 1.91 bits per heavy atom. The number of carbonyl (C=O) groups excluding carboxylic acids is 2. The Labute approximate surface area is 200 Å². The SMILES string of the molecule is CCOC(=O)Oc1cnc(N)c2c(COc3cc(C(=O)Nc4ccccc4)ccc3C)csc12. The molecule has 4 aromatic rings. The molecular weight excluding hydrogens is 454 g/mol. The number of carbonyl (C=O) groups is 2. The van der Waals surface area contributed by atoms with E-state index in [9.17, 15) is 9.59 Å². The predicted molar refractivity (Wildman–Crippen MR) is 132 cm³/mol. The molecule has 0 atom stereocenters. The lowest BCUT2D eigenvalue weighted by atomic mass is 10.1. The van der Waals surface area contributed by atoms with Gasteiger partial charge < -0.3 is 25.3 Å². The van der Waals surface area contributed by atoms with Gasteiger partial charge in [0.25, 0.3) is 5.91 Å². The molecule has 0 bridgehead atoms. The van der Waals surface area contributed by atoms with Crippen molar-refractivity contribution in [2.75, 3.05) is 17.7 Å². The van der Waals surface area contributed by atoms with Gasteiger partial charge in [-0.25, -0.2) is 9.78 Å². The number of para-hydroxylation sites is 1. The monoisotopic (exact) mass is 477 g/mol. The molecule has 9 heteroatoms. The molecule has 0 spiro atoms. The molecule has 174 valence electrons. The number of amides is 1. The van der Waals surface area contributed by atoms with Crippen molar-refractivity contribution in [3.63, 3.8) is 0 Å². The van der Waals surface area contributed by atoms with Crippen molar-refractivity contribution in [3.8, 4) is 11.5 Å². The molecule has 2 heterocycles. The van der Waals surface area contributed by atoms with Crippen LogP contribution in [0.3, 0.4) is 0 Å². The molecule has 1 amide bonds. The molecular formula is C25H23N3O5S. The van der Waals surface area contributed by atoms with Gasteiger partial charge in [0.2, 0.25) is 0 Å². The zero-order valence-electron chi connectivity index (χ0n) is 18.7.